The Balaban J connectivity index is 1.75. The van der Waals surface area contributed by atoms with Crippen LogP contribution in [-0.2, 0) is 29.1 Å². The van der Waals surface area contributed by atoms with Gasteiger partial charge in [-0.15, -0.1) is 0 Å². The molecule has 3 rings (SSSR count). The van der Waals surface area contributed by atoms with Crippen molar-refractivity contribution in [2.75, 3.05) is 6.54 Å². The summed E-state index contributed by atoms with van der Waals surface area (Å²) < 4.78 is 5.45. The molecule has 0 saturated heterocycles. The number of amides is 2. The topological polar surface area (TPSA) is 58.6 Å². The molecule has 5 nitrogen and oxygen atoms in total. The van der Waals surface area contributed by atoms with Crippen molar-refractivity contribution in [1.29, 1.82) is 0 Å². The van der Waals surface area contributed by atoms with Gasteiger partial charge < -0.3 is 10.1 Å². The summed E-state index contributed by atoms with van der Waals surface area (Å²) in [5.41, 5.74) is 3.08. The molecule has 0 aromatic heterocycles. The summed E-state index contributed by atoms with van der Waals surface area (Å²) in [5.74, 6) is -0.145. The van der Waals surface area contributed by atoms with E-state index >= 15 is 0 Å². The van der Waals surface area contributed by atoms with E-state index in [9.17, 15) is 9.59 Å². The minimum atomic E-state index is -0.543. The molecule has 25 heavy (non-hydrogen) atoms. The maximum Gasteiger partial charge on any atom is 0.411 e. The van der Waals surface area contributed by atoms with Gasteiger partial charge >= 0.3 is 6.09 Å². The summed E-state index contributed by atoms with van der Waals surface area (Å²) in [6.07, 6.45) is 0.0391. The van der Waals surface area contributed by atoms with Crippen molar-refractivity contribution < 1.29 is 14.3 Å². The van der Waals surface area contributed by atoms with Crippen LogP contribution in [0.25, 0.3) is 0 Å². The average Bonchev–Trinajstić information content (AvgIpc) is 2.66. The first kappa shape index (κ1) is 17.0. The molecule has 2 amide bonds. The molecule has 1 heterocycles. The van der Waals surface area contributed by atoms with Crippen LogP contribution < -0.4 is 5.32 Å². The molecule has 0 aliphatic carbocycles. The smallest absolute Gasteiger partial charge is 0.411 e. The van der Waals surface area contributed by atoms with E-state index in [1.54, 1.807) is 0 Å². The summed E-state index contributed by atoms with van der Waals surface area (Å²) in [5, 5.41) is 2.82. The van der Waals surface area contributed by atoms with Crippen LogP contribution >= 0.6 is 0 Å². The monoisotopic (exact) mass is 338 g/mol. The van der Waals surface area contributed by atoms with Crippen molar-refractivity contribution in [3.63, 3.8) is 0 Å². The van der Waals surface area contributed by atoms with Crippen LogP contribution in [0.2, 0.25) is 0 Å². The zero-order valence-corrected chi connectivity index (χ0v) is 14.3. The number of ether oxygens (including phenoxy) is 1. The van der Waals surface area contributed by atoms with E-state index in [0.29, 0.717) is 19.5 Å². The number of fused-ring (bicyclic) bond motifs is 1. The lowest BCUT2D eigenvalue weighted by atomic mass is 9.94. The third kappa shape index (κ3) is 3.99. The van der Waals surface area contributed by atoms with Gasteiger partial charge in [0.25, 0.3) is 0 Å². The number of benzene rings is 2. The van der Waals surface area contributed by atoms with Crippen molar-refractivity contribution in [2.45, 2.75) is 32.5 Å². The van der Waals surface area contributed by atoms with E-state index in [4.69, 9.17) is 4.74 Å². The molecule has 1 unspecified atom stereocenters. The van der Waals surface area contributed by atoms with Gasteiger partial charge in [-0.25, -0.2) is 4.79 Å². The van der Waals surface area contributed by atoms with Crippen molar-refractivity contribution in [3.05, 3.63) is 71.3 Å². The lowest BCUT2D eigenvalue weighted by Gasteiger charge is -2.35. The minimum Gasteiger partial charge on any atom is -0.445 e. The average molecular weight is 338 g/mol. The van der Waals surface area contributed by atoms with E-state index in [1.807, 2.05) is 61.5 Å². The van der Waals surface area contributed by atoms with Gasteiger partial charge in [0, 0.05) is 13.0 Å². The molecule has 0 saturated carbocycles. The van der Waals surface area contributed by atoms with Crippen LogP contribution in [0.3, 0.4) is 0 Å². The molecule has 2 aromatic rings. The first-order valence-electron chi connectivity index (χ1n) is 8.51. The Morgan fingerprint density at radius 1 is 1.08 bits per heavy atom. The van der Waals surface area contributed by atoms with Crippen molar-refractivity contribution in [1.82, 2.24) is 10.2 Å². The Hall–Kier alpha value is -2.82. The van der Waals surface area contributed by atoms with Crippen LogP contribution in [0.4, 0.5) is 4.79 Å². The van der Waals surface area contributed by atoms with Crippen LogP contribution in [0.5, 0.6) is 0 Å². The third-order valence-electron chi connectivity index (χ3n) is 4.34. The first-order chi connectivity index (χ1) is 12.2. The van der Waals surface area contributed by atoms with E-state index in [1.165, 1.54) is 4.90 Å². The zero-order chi connectivity index (χ0) is 17.6. The van der Waals surface area contributed by atoms with Crippen molar-refractivity contribution in [2.24, 2.45) is 0 Å². The second-order valence-electron chi connectivity index (χ2n) is 6.05. The maximum absolute atomic E-state index is 12.6. The van der Waals surface area contributed by atoms with Gasteiger partial charge in [-0.05, 0) is 23.6 Å². The normalized spacial score (nSPS) is 16.0. The van der Waals surface area contributed by atoms with Gasteiger partial charge in [0.1, 0.15) is 12.6 Å². The number of nitrogens with zero attached hydrogens (tertiary/aromatic N) is 1. The molecule has 0 radical (unpaired) electrons. The van der Waals surface area contributed by atoms with Crippen LogP contribution in [-0.4, -0.2) is 29.5 Å². The lowest BCUT2D eigenvalue weighted by molar-refractivity contribution is -0.126. The molecule has 130 valence electrons. The van der Waals surface area contributed by atoms with Crippen molar-refractivity contribution >= 4 is 12.0 Å². The summed E-state index contributed by atoms with van der Waals surface area (Å²) >= 11 is 0. The second-order valence-corrected chi connectivity index (χ2v) is 6.05. The standard InChI is InChI=1S/C20H22N2O3/c1-2-21-19(23)18-12-16-10-6-7-11-17(16)13-22(18)20(24)25-14-15-8-4-3-5-9-15/h3-11,18H,2,12-14H2,1H3,(H,21,23). The maximum atomic E-state index is 12.6. The molecule has 5 heteroatoms. The number of hydrogen-bond donors (Lipinski definition) is 1. The quantitative estimate of drug-likeness (QED) is 0.932. The summed E-state index contributed by atoms with van der Waals surface area (Å²) in [7, 11) is 0. The number of nitrogens with one attached hydrogen (secondary N) is 1. The van der Waals surface area contributed by atoms with Gasteiger partial charge in [-0.2, -0.15) is 0 Å². The summed E-state index contributed by atoms with van der Waals surface area (Å²) in [6, 6.07) is 16.9. The number of hydrogen-bond acceptors (Lipinski definition) is 3. The Morgan fingerprint density at radius 3 is 2.48 bits per heavy atom. The van der Waals surface area contributed by atoms with Crippen LogP contribution in [0.1, 0.15) is 23.6 Å². The molecule has 1 atom stereocenters. The predicted octanol–water partition coefficient (Wildman–Crippen LogP) is 2.89. The molecule has 1 aliphatic heterocycles. The Bertz CT molecular complexity index is 746. The third-order valence-corrected chi connectivity index (χ3v) is 4.34. The number of carbonyl (C=O) groups is 2. The van der Waals surface area contributed by atoms with Gasteiger partial charge in [0.2, 0.25) is 5.91 Å². The fraction of sp³-hybridized carbons (Fsp3) is 0.300. The molecule has 0 bridgehead atoms. The van der Waals surface area contributed by atoms with Gasteiger partial charge in [0.05, 0.1) is 6.54 Å². The Labute approximate surface area is 147 Å². The molecule has 1 aliphatic rings. The molecular formula is C20H22N2O3. The number of carbonyl (C=O) groups excluding carboxylic acids is 2. The highest BCUT2D eigenvalue weighted by Crippen LogP contribution is 2.24. The number of likely N-dealkylation sites (N-methyl/N-ethyl adjacent to an activating group) is 1. The second kappa shape index (κ2) is 7.83. The fourth-order valence-corrected chi connectivity index (χ4v) is 3.04. The SMILES string of the molecule is CCNC(=O)C1Cc2ccccc2CN1C(=O)OCc1ccccc1. The fourth-order valence-electron chi connectivity index (χ4n) is 3.04. The minimum absolute atomic E-state index is 0.145. The Morgan fingerprint density at radius 2 is 1.76 bits per heavy atom. The van der Waals surface area contributed by atoms with E-state index in [0.717, 1.165) is 16.7 Å². The van der Waals surface area contributed by atoms with E-state index < -0.39 is 12.1 Å². The predicted molar refractivity (Wildman–Crippen MR) is 94.8 cm³/mol. The van der Waals surface area contributed by atoms with Gasteiger partial charge in [-0.3, -0.25) is 9.69 Å². The highest BCUT2D eigenvalue weighted by molar-refractivity contribution is 5.86. The molecular weight excluding hydrogens is 316 g/mol. The summed E-state index contributed by atoms with van der Waals surface area (Å²) in [6.45, 7) is 2.97. The molecule has 2 aromatic carbocycles. The van der Waals surface area contributed by atoms with Crippen LogP contribution in [0, 0.1) is 0 Å². The highest BCUT2D eigenvalue weighted by Gasteiger charge is 2.35. The highest BCUT2D eigenvalue weighted by atomic mass is 16.6. The zero-order valence-electron chi connectivity index (χ0n) is 14.3. The van der Waals surface area contributed by atoms with E-state index in [-0.39, 0.29) is 12.5 Å². The largest absolute Gasteiger partial charge is 0.445 e. The van der Waals surface area contributed by atoms with E-state index in [2.05, 4.69) is 5.32 Å². The van der Waals surface area contributed by atoms with Crippen LogP contribution in [0.15, 0.2) is 54.6 Å². The Kier molecular flexibility index (Phi) is 5.33. The molecule has 1 N–H and O–H groups in total. The summed E-state index contributed by atoms with van der Waals surface area (Å²) in [4.78, 5) is 26.6. The van der Waals surface area contributed by atoms with Gasteiger partial charge in [-0.1, -0.05) is 54.6 Å². The van der Waals surface area contributed by atoms with Crippen molar-refractivity contribution in [3.8, 4) is 0 Å². The molecule has 0 fully saturated rings. The first-order valence-corrected chi connectivity index (χ1v) is 8.51. The van der Waals surface area contributed by atoms with Gasteiger partial charge in [0.15, 0.2) is 0 Å². The number of rotatable bonds is 4. The lowest BCUT2D eigenvalue weighted by Crippen LogP contribution is -2.52. The molecule has 0 spiro atoms.